The predicted molar refractivity (Wildman–Crippen MR) is 120 cm³/mol. The van der Waals surface area contributed by atoms with Gasteiger partial charge in [0.2, 0.25) is 0 Å². The zero-order chi connectivity index (χ0) is 21.0. The summed E-state index contributed by atoms with van der Waals surface area (Å²) in [5, 5.41) is 6.28. The molecule has 6 nitrogen and oxygen atoms in total. The Morgan fingerprint density at radius 3 is 2.45 bits per heavy atom. The topological polar surface area (TPSA) is 64.7 Å². The van der Waals surface area contributed by atoms with Crippen LogP contribution in [0.3, 0.4) is 0 Å². The van der Waals surface area contributed by atoms with Gasteiger partial charge in [-0.25, -0.2) is 0 Å². The summed E-state index contributed by atoms with van der Waals surface area (Å²) in [6, 6.07) is 11.6. The van der Waals surface area contributed by atoms with E-state index in [-0.39, 0.29) is 21.6 Å². The summed E-state index contributed by atoms with van der Waals surface area (Å²) in [4.78, 5) is 29.1. The number of hydrogen-bond acceptors (Lipinski definition) is 4. The maximum absolute atomic E-state index is 12.7. The summed E-state index contributed by atoms with van der Waals surface area (Å²) in [6.45, 7) is 3.10. The molecule has 2 aromatic rings. The van der Waals surface area contributed by atoms with Crippen LogP contribution in [0.5, 0.6) is 0 Å². The number of anilines is 1. The number of nitrogens with one attached hydrogen (secondary N) is 2. The lowest BCUT2D eigenvalue weighted by molar-refractivity contribution is 0.0664. The van der Waals surface area contributed by atoms with Crippen LogP contribution in [0, 0.1) is 0 Å². The van der Waals surface area contributed by atoms with Crippen molar-refractivity contribution in [1.29, 1.82) is 0 Å². The van der Waals surface area contributed by atoms with Crippen LogP contribution in [0.1, 0.15) is 20.7 Å². The molecule has 0 spiro atoms. The minimum absolute atomic E-state index is 0.0235. The quantitative estimate of drug-likeness (QED) is 0.700. The van der Waals surface area contributed by atoms with Crippen molar-refractivity contribution in [1.82, 2.24) is 15.1 Å². The van der Waals surface area contributed by atoms with Gasteiger partial charge in [0.05, 0.1) is 10.6 Å². The van der Waals surface area contributed by atoms with Crippen molar-refractivity contribution in [3.8, 4) is 0 Å². The van der Waals surface area contributed by atoms with Gasteiger partial charge < -0.3 is 15.1 Å². The summed E-state index contributed by atoms with van der Waals surface area (Å²) in [5.74, 6) is -0.474. The van der Waals surface area contributed by atoms with Gasteiger partial charge in [0, 0.05) is 42.5 Å². The van der Waals surface area contributed by atoms with Crippen LogP contribution in [0.15, 0.2) is 42.5 Å². The van der Waals surface area contributed by atoms with Gasteiger partial charge in [-0.15, -0.1) is 0 Å². The predicted octanol–water partition coefficient (Wildman–Crippen LogP) is 3.51. The second-order valence-corrected chi connectivity index (χ2v) is 7.96. The van der Waals surface area contributed by atoms with E-state index in [2.05, 4.69) is 15.5 Å². The normalized spacial score (nSPS) is 14.4. The van der Waals surface area contributed by atoms with E-state index in [0.717, 1.165) is 13.1 Å². The first-order valence-electron chi connectivity index (χ1n) is 8.99. The molecule has 2 amide bonds. The molecule has 0 atom stereocenters. The smallest absolute Gasteiger partial charge is 0.258 e. The van der Waals surface area contributed by atoms with Gasteiger partial charge >= 0.3 is 0 Å². The van der Waals surface area contributed by atoms with E-state index >= 15 is 0 Å². The zero-order valence-corrected chi connectivity index (χ0v) is 18.1. The van der Waals surface area contributed by atoms with Gasteiger partial charge in [0.1, 0.15) is 0 Å². The molecule has 0 radical (unpaired) electrons. The molecule has 1 fully saturated rings. The molecule has 9 heteroatoms. The van der Waals surface area contributed by atoms with Crippen molar-refractivity contribution in [2.24, 2.45) is 0 Å². The highest BCUT2D eigenvalue weighted by molar-refractivity contribution is 7.80. The minimum atomic E-state index is -0.450. The van der Waals surface area contributed by atoms with Crippen LogP contribution in [0.25, 0.3) is 0 Å². The number of thiocarbonyl (C=S) groups is 1. The summed E-state index contributed by atoms with van der Waals surface area (Å²) in [7, 11) is 2.04. The second kappa shape index (κ2) is 9.54. The highest BCUT2D eigenvalue weighted by Gasteiger charge is 2.20. The molecular formula is C20H20Cl2N4O2S. The Bertz CT molecular complexity index is 946. The van der Waals surface area contributed by atoms with Crippen LogP contribution in [-0.2, 0) is 0 Å². The molecular weight excluding hydrogens is 431 g/mol. The lowest BCUT2D eigenvalue weighted by Gasteiger charge is -2.32. The Morgan fingerprint density at radius 1 is 1.03 bits per heavy atom. The Hall–Kier alpha value is -2.19. The molecule has 2 N–H and O–H groups in total. The van der Waals surface area contributed by atoms with Crippen LogP contribution in [0.4, 0.5) is 5.69 Å². The number of hydrogen-bond donors (Lipinski definition) is 2. The molecule has 0 aliphatic carbocycles. The van der Waals surface area contributed by atoms with E-state index < -0.39 is 5.91 Å². The average molecular weight is 451 g/mol. The number of carbonyl (C=O) groups excluding carboxylic acids is 2. The van der Waals surface area contributed by atoms with Crippen molar-refractivity contribution >= 4 is 58.0 Å². The number of piperazine rings is 1. The number of nitrogens with zero attached hydrogens (tertiary/aromatic N) is 2. The van der Waals surface area contributed by atoms with Crippen LogP contribution >= 0.6 is 35.4 Å². The number of carbonyl (C=O) groups is 2. The van der Waals surface area contributed by atoms with Gasteiger partial charge in [0.15, 0.2) is 5.11 Å². The monoisotopic (exact) mass is 450 g/mol. The molecule has 1 saturated heterocycles. The molecule has 1 aliphatic rings. The summed E-state index contributed by atoms with van der Waals surface area (Å²) >= 11 is 17.1. The van der Waals surface area contributed by atoms with Crippen LogP contribution < -0.4 is 10.6 Å². The first kappa shape index (κ1) is 21.5. The van der Waals surface area contributed by atoms with Crippen molar-refractivity contribution in [3.05, 3.63) is 63.6 Å². The molecule has 1 aliphatic heterocycles. The molecule has 3 rings (SSSR count). The molecule has 1 heterocycles. The minimum Gasteiger partial charge on any atom is -0.336 e. The van der Waals surface area contributed by atoms with Gasteiger partial charge in [-0.05, 0) is 55.7 Å². The van der Waals surface area contributed by atoms with E-state index in [1.807, 2.05) is 11.9 Å². The molecule has 0 unspecified atom stereocenters. The highest BCUT2D eigenvalue weighted by Crippen LogP contribution is 2.21. The van der Waals surface area contributed by atoms with Crippen molar-refractivity contribution in [2.45, 2.75) is 0 Å². The van der Waals surface area contributed by atoms with E-state index in [9.17, 15) is 9.59 Å². The van der Waals surface area contributed by atoms with Crippen molar-refractivity contribution < 1.29 is 9.59 Å². The van der Waals surface area contributed by atoms with Gasteiger partial charge in [-0.1, -0.05) is 29.3 Å². The van der Waals surface area contributed by atoms with Gasteiger partial charge in [-0.2, -0.15) is 0 Å². The van der Waals surface area contributed by atoms with E-state index in [1.165, 1.54) is 12.1 Å². The fraction of sp³-hybridized carbons (Fsp3) is 0.250. The summed E-state index contributed by atoms with van der Waals surface area (Å²) < 4.78 is 0. The number of likely N-dealkylation sites (N-methyl/N-ethyl adjacent to an activating group) is 1. The Labute approximate surface area is 184 Å². The highest BCUT2D eigenvalue weighted by atomic mass is 35.5. The Balaban J connectivity index is 1.63. The Morgan fingerprint density at radius 2 is 1.76 bits per heavy atom. The third-order valence-corrected chi connectivity index (χ3v) is 5.31. The lowest BCUT2D eigenvalue weighted by atomic mass is 10.1. The molecule has 2 aromatic carbocycles. The largest absolute Gasteiger partial charge is 0.336 e. The third-order valence-electron chi connectivity index (χ3n) is 4.56. The van der Waals surface area contributed by atoms with E-state index in [1.54, 1.807) is 30.3 Å². The number of benzene rings is 2. The van der Waals surface area contributed by atoms with Gasteiger partial charge in [0.25, 0.3) is 11.8 Å². The molecule has 0 saturated carbocycles. The van der Waals surface area contributed by atoms with Crippen molar-refractivity contribution in [2.75, 3.05) is 38.5 Å². The SMILES string of the molecule is CN1CCN(C(=O)c2cccc(NC(=S)NC(=O)c3ccc(Cl)cc3Cl)c2)CC1. The van der Waals surface area contributed by atoms with Crippen molar-refractivity contribution in [3.63, 3.8) is 0 Å². The first-order chi connectivity index (χ1) is 13.8. The van der Waals surface area contributed by atoms with Crippen LogP contribution in [-0.4, -0.2) is 60.0 Å². The second-order valence-electron chi connectivity index (χ2n) is 6.71. The molecule has 0 aromatic heterocycles. The van der Waals surface area contributed by atoms with E-state index in [0.29, 0.717) is 29.4 Å². The Kier molecular flexibility index (Phi) is 7.08. The maximum atomic E-state index is 12.7. The molecule has 152 valence electrons. The maximum Gasteiger partial charge on any atom is 0.258 e. The fourth-order valence-corrected chi connectivity index (χ4v) is 3.63. The first-order valence-corrected chi connectivity index (χ1v) is 10.1. The number of halogens is 2. The van der Waals surface area contributed by atoms with E-state index in [4.69, 9.17) is 35.4 Å². The lowest BCUT2D eigenvalue weighted by Crippen LogP contribution is -2.47. The summed E-state index contributed by atoms with van der Waals surface area (Å²) in [5.41, 5.74) is 1.44. The summed E-state index contributed by atoms with van der Waals surface area (Å²) in [6.07, 6.45) is 0. The van der Waals surface area contributed by atoms with Gasteiger partial charge in [-0.3, -0.25) is 14.9 Å². The number of rotatable bonds is 3. The standard InChI is InChI=1S/C20H20Cl2N4O2S/c1-25-7-9-26(10-8-25)19(28)13-3-2-4-15(11-13)23-20(29)24-18(27)16-6-5-14(21)12-17(16)22/h2-6,11-12H,7-10H2,1H3,(H2,23,24,27,29). The molecule has 0 bridgehead atoms. The molecule has 29 heavy (non-hydrogen) atoms. The fourth-order valence-electron chi connectivity index (χ4n) is 2.93. The average Bonchev–Trinajstić information content (AvgIpc) is 2.68. The zero-order valence-electron chi connectivity index (χ0n) is 15.7. The number of amides is 2. The third kappa shape index (κ3) is 5.67. The van der Waals surface area contributed by atoms with Crippen LogP contribution in [0.2, 0.25) is 10.0 Å².